The molecule has 0 unspecified atom stereocenters. The van der Waals surface area contributed by atoms with E-state index in [0.29, 0.717) is 16.6 Å². The van der Waals surface area contributed by atoms with Gasteiger partial charge in [0.05, 0.1) is 11.2 Å². The third-order valence-electron chi connectivity index (χ3n) is 6.01. The lowest BCUT2D eigenvalue weighted by Gasteiger charge is -2.26. The highest BCUT2D eigenvalue weighted by molar-refractivity contribution is 5.96. The summed E-state index contributed by atoms with van der Waals surface area (Å²) in [5.41, 5.74) is 11.2. The zero-order valence-corrected chi connectivity index (χ0v) is 17.2. The topological polar surface area (TPSA) is 57.9 Å². The average Bonchev–Trinajstić information content (AvgIpc) is 3.12. The van der Waals surface area contributed by atoms with Gasteiger partial charge in [0.25, 0.3) is 0 Å². The van der Waals surface area contributed by atoms with Crippen LogP contribution in [0.4, 0.5) is 18.9 Å². The van der Waals surface area contributed by atoms with Gasteiger partial charge in [-0.05, 0) is 67.4 Å². The lowest BCUT2D eigenvalue weighted by Crippen LogP contribution is -2.27. The van der Waals surface area contributed by atoms with Gasteiger partial charge >= 0.3 is 0 Å². The molecule has 5 rings (SSSR count). The minimum Gasteiger partial charge on any atom is -0.399 e. The molecule has 1 aliphatic rings. The van der Waals surface area contributed by atoms with Crippen molar-refractivity contribution in [1.82, 2.24) is 15.1 Å². The fraction of sp³-hybridized carbons (Fsp3) is 0.208. The molecule has 0 spiro atoms. The number of benzene rings is 3. The molecule has 0 saturated carbocycles. The van der Waals surface area contributed by atoms with Crippen molar-refractivity contribution in [3.05, 3.63) is 70.5 Å². The normalized spacial score (nSPS) is 14.2. The Bertz CT molecular complexity index is 1340. The second-order valence-corrected chi connectivity index (χ2v) is 8.23. The van der Waals surface area contributed by atoms with Crippen LogP contribution in [-0.4, -0.2) is 28.7 Å². The van der Waals surface area contributed by atoms with Crippen molar-refractivity contribution in [2.24, 2.45) is 0 Å². The zero-order chi connectivity index (χ0) is 21.9. The molecule has 2 heterocycles. The minimum absolute atomic E-state index is 0.0234. The van der Waals surface area contributed by atoms with E-state index in [-0.39, 0.29) is 16.8 Å². The van der Waals surface area contributed by atoms with E-state index in [9.17, 15) is 13.2 Å². The van der Waals surface area contributed by atoms with E-state index in [0.717, 1.165) is 31.1 Å². The van der Waals surface area contributed by atoms with Crippen LogP contribution in [0.3, 0.4) is 0 Å². The molecule has 0 atom stereocenters. The van der Waals surface area contributed by atoms with E-state index >= 15 is 0 Å². The van der Waals surface area contributed by atoms with Crippen LogP contribution >= 0.6 is 0 Å². The van der Waals surface area contributed by atoms with Crippen LogP contribution in [0.1, 0.15) is 16.7 Å². The number of halogens is 3. The second kappa shape index (κ2) is 7.13. The summed E-state index contributed by atoms with van der Waals surface area (Å²) in [5, 5.41) is 7.90. The number of rotatable bonds is 2. The van der Waals surface area contributed by atoms with E-state index in [4.69, 9.17) is 5.73 Å². The van der Waals surface area contributed by atoms with Crippen molar-refractivity contribution in [1.29, 1.82) is 0 Å². The van der Waals surface area contributed by atoms with Crippen molar-refractivity contribution in [3.63, 3.8) is 0 Å². The zero-order valence-electron chi connectivity index (χ0n) is 17.2. The Morgan fingerprint density at radius 3 is 2.61 bits per heavy atom. The SMILES string of the molecule is Cc1cc(-c2n[nH]c3cc(F)c(-c4cc(N)cc(F)c4F)cc23)cc2c1CCN(C)C2. The van der Waals surface area contributed by atoms with Gasteiger partial charge in [-0.3, -0.25) is 5.10 Å². The Labute approximate surface area is 177 Å². The number of fused-ring (bicyclic) bond motifs is 2. The Hall–Kier alpha value is -3.32. The summed E-state index contributed by atoms with van der Waals surface area (Å²) in [6.45, 7) is 3.95. The summed E-state index contributed by atoms with van der Waals surface area (Å²) < 4.78 is 43.2. The van der Waals surface area contributed by atoms with E-state index in [1.807, 2.05) is 0 Å². The molecule has 1 aliphatic heterocycles. The van der Waals surface area contributed by atoms with Crippen LogP contribution in [0.15, 0.2) is 36.4 Å². The quantitative estimate of drug-likeness (QED) is 0.437. The number of hydrogen-bond donors (Lipinski definition) is 2. The first-order valence-electron chi connectivity index (χ1n) is 10.1. The largest absolute Gasteiger partial charge is 0.399 e. The van der Waals surface area contributed by atoms with E-state index < -0.39 is 17.5 Å². The Balaban J connectivity index is 1.70. The van der Waals surface area contributed by atoms with Gasteiger partial charge < -0.3 is 10.6 Å². The van der Waals surface area contributed by atoms with Crippen molar-refractivity contribution in [2.45, 2.75) is 19.9 Å². The molecule has 4 aromatic rings. The highest BCUT2D eigenvalue weighted by Gasteiger charge is 2.21. The molecule has 0 amide bonds. The number of nitrogen functional groups attached to an aromatic ring is 1. The number of nitrogens with one attached hydrogen (secondary N) is 1. The van der Waals surface area contributed by atoms with Gasteiger partial charge in [0.1, 0.15) is 5.82 Å². The Kier molecular flexibility index (Phi) is 4.51. The van der Waals surface area contributed by atoms with Gasteiger partial charge in [-0.25, -0.2) is 13.2 Å². The van der Waals surface area contributed by atoms with Crippen LogP contribution in [0, 0.1) is 24.4 Å². The van der Waals surface area contributed by atoms with Gasteiger partial charge in [-0.1, -0.05) is 0 Å². The standard InChI is InChI=1S/C24H21F3N4/c1-12-5-13(6-14-11-31(2)4-3-16(12)14)24-19-9-17(20(25)10-22(19)29-30-24)18-7-15(28)8-21(26)23(18)27/h5-10H,3-4,11,28H2,1-2H3,(H,29,30). The number of likely N-dealkylation sites (N-methyl/N-ethyl adjacent to an activating group) is 1. The molecule has 0 bridgehead atoms. The molecule has 4 nitrogen and oxygen atoms in total. The number of aromatic nitrogens is 2. The first kappa shape index (κ1) is 19.6. The number of nitrogens with two attached hydrogens (primary N) is 1. The molecule has 0 aliphatic carbocycles. The number of aryl methyl sites for hydroxylation is 1. The molecular weight excluding hydrogens is 401 g/mol. The highest BCUT2D eigenvalue weighted by Crippen LogP contribution is 2.36. The smallest absolute Gasteiger partial charge is 0.166 e. The molecule has 158 valence electrons. The van der Waals surface area contributed by atoms with E-state index in [2.05, 4.69) is 41.2 Å². The Morgan fingerprint density at radius 1 is 1.00 bits per heavy atom. The number of hydrogen-bond acceptors (Lipinski definition) is 3. The van der Waals surface area contributed by atoms with Crippen LogP contribution in [0.2, 0.25) is 0 Å². The molecule has 0 radical (unpaired) electrons. The number of H-pyrrole nitrogens is 1. The van der Waals surface area contributed by atoms with Crippen molar-refractivity contribution in [3.8, 4) is 22.4 Å². The van der Waals surface area contributed by atoms with Crippen molar-refractivity contribution in [2.75, 3.05) is 19.3 Å². The summed E-state index contributed by atoms with van der Waals surface area (Å²) in [5.74, 6) is -2.93. The van der Waals surface area contributed by atoms with Crippen LogP contribution < -0.4 is 5.73 Å². The second-order valence-electron chi connectivity index (χ2n) is 8.23. The third kappa shape index (κ3) is 3.25. The summed E-state index contributed by atoms with van der Waals surface area (Å²) in [6, 6.07) is 9.05. The third-order valence-corrected chi connectivity index (χ3v) is 6.01. The fourth-order valence-electron chi connectivity index (χ4n) is 4.47. The lowest BCUT2D eigenvalue weighted by molar-refractivity contribution is 0.312. The van der Waals surface area contributed by atoms with Crippen LogP contribution in [0.5, 0.6) is 0 Å². The van der Waals surface area contributed by atoms with E-state index in [1.165, 1.54) is 34.9 Å². The van der Waals surface area contributed by atoms with Gasteiger partial charge in [0.15, 0.2) is 11.6 Å². The minimum atomic E-state index is -1.13. The van der Waals surface area contributed by atoms with Gasteiger partial charge in [-0.2, -0.15) is 5.10 Å². The summed E-state index contributed by atoms with van der Waals surface area (Å²) >= 11 is 0. The van der Waals surface area contributed by atoms with Crippen LogP contribution in [0.25, 0.3) is 33.3 Å². The molecule has 7 heteroatoms. The van der Waals surface area contributed by atoms with Gasteiger partial charge in [0.2, 0.25) is 0 Å². The predicted molar refractivity (Wildman–Crippen MR) is 116 cm³/mol. The van der Waals surface area contributed by atoms with E-state index in [1.54, 1.807) is 0 Å². The molecule has 1 aromatic heterocycles. The molecule has 3 N–H and O–H groups in total. The molecule has 3 aromatic carbocycles. The number of aromatic amines is 1. The maximum Gasteiger partial charge on any atom is 0.166 e. The molecular formula is C24H21F3N4. The first-order valence-corrected chi connectivity index (χ1v) is 10.1. The fourth-order valence-corrected chi connectivity index (χ4v) is 4.47. The molecule has 0 saturated heterocycles. The lowest BCUT2D eigenvalue weighted by atomic mass is 9.91. The molecule has 0 fully saturated rings. The van der Waals surface area contributed by atoms with Crippen molar-refractivity contribution < 1.29 is 13.2 Å². The van der Waals surface area contributed by atoms with Crippen molar-refractivity contribution >= 4 is 16.6 Å². The average molecular weight is 422 g/mol. The van der Waals surface area contributed by atoms with Gasteiger partial charge in [-0.15, -0.1) is 0 Å². The Morgan fingerprint density at radius 2 is 1.81 bits per heavy atom. The number of anilines is 1. The van der Waals surface area contributed by atoms with Gasteiger partial charge in [0, 0.05) is 46.9 Å². The summed E-state index contributed by atoms with van der Waals surface area (Å²) in [4.78, 5) is 2.26. The molecule has 31 heavy (non-hydrogen) atoms. The predicted octanol–water partition coefficient (Wildman–Crippen LogP) is 5.19. The summed E-state index contributed by atoms with van der Waals surface area (Å²) in [7, 11) is 2.09. The monoisotopic (exact) mass is 422 g/mol. The first-order chi connectivity index (χ1) is 14.8. The highest BCUT2D eigenvalue weighted by atomic mass is 19.2. The summed E-state index contributed by atoms with van der Waals surface area (Å²) in [6.07, 6.45) is 0.995. The maximum absolute atomic E-state index is 14.8. The maximum atomic E-state index is 14.8. The number of nitrogens with zero attached hydrogens (tertiary/aromatic N) is 2. The van der Waals surface area contributed by atoms with Crippen LogP contribution in [-0.2, 0) is 13.0 Å².